The Kier molecular flexibility index (Phi) is 5.17. The molecular weight excluding hydrogens is 486 g/mol. The van der Waals surface area contributed by atoms with Gasteiger partial charge < -0.3 is 9.73 Å². The number of para-hydroxylation sites is 1. The highest BCUT2D eigenvalue weighted by atomic mass is 16.3. The summed E-state index contributed by atoms with van der Waals surface area (Å²) in [5, 5.41) is 10.9. The van der Waals surface area contributed by atoms with Crippen LogP contribution >= 0.6 is 0 Å². The van der Waals surface area contributed by atoms with Gasteiger partial charge in [-0.15, -0.1) is 0 Å². The lowest BCUT2D eigenvalue weighted by Crippen LogP contribution is -1.90. The first-order valence-corrected chi connectivity index (χ1v) is 13.6. The lowest BCUT2D eigenvalue weighted by molar-refractivity contribution is 0.669. The van der Waals surface area contributed by atoms with Gasteiger partial charge in [-0.25, -0.2) is 0 Å². The molecule has 8 aromatic rings. The maximum atomic E-state index is 5.99. The number of hydrogen-bond acceptors (Lipinski definition) is 2. The normalized spacial score (nSPS) is 11.5. The minimum Gasteiger partial charge on any atom is -0.456 e. The van der Waals surface area contributed by atoms with Gasteiger partial charge in [0.1, 0.15) is 11.2 Å². The van der Waals surface area contributed by atoms with Crippen LogP contribution < -0.4 is 5.32 Å². The molecular formula is C38H25NO. The molecule has 40 heavy (non-hydrogen) atoms. The quantitative estimate of drug-likeness (QED) is 0.254. The van der Waals surface area contributed by atoms with Crippen LogP contribution in [-0.2, 0) is 0 Å². The summed E-state index contributed by atoms with van der Waals surface area (Å²) < 4.78 is 5.99. The second-order valence-corrected chi connectivity index (χ2v) is 10.3. The Labute approximate surface area is 232 Å². The zero-order valence-corrected chi connectivity index (χ0v) is 21.8. The van der Waals surface area contributed by atoms with Crippen molar-refractivity contribution in [2.75, 3.05) is 5.32 Å². The van der Waals surface area contributed by atoms with Crippen LogP contribution in [0.4, 0.5) is 11.4 Å². The summed E-state index contributed by atoms with van der Waals surface area (Å²) in [6.07, 6.45) is 0. The van der Waals surface area contributed by atoms with Gasteiger partial charge in [-0.05, 0) is 92.3 Å². The first kappa shape index (κ1) is 22.6. The van der Waals surface area contributed by atoms with Crippen LogP contribution in [0.15, 0.2) is 150 Å². The van der Waals surface area contributed by atoms with Crippen LogP contribution in [0.5, 0.6) is 0 Å². The van der Waals surface area contributed by atoms with E-state index in [4.69, 9.17) is 4.42 Å². The summed E-state index contributed by atoms with van der Waals surface area (Å²) in [6.45, 7) is 0. The highest BCUT2D eigenvalue weighted by Gasteiger charge is 2.11. The molecule has 188 valence electrons. The number of anilines is 2. The molecule has 0 unspecified atom stereocenters. The topological polar surface area (TPSA) is 25.2 Å². The standard InChI is InChI=1S/C38H25NO/c1-3-11-31-26(8-1)10-7-14-33(31)35-23-28(22-27-9-2-4-12-32(27)35)25-16-18-29(19-17-25)39-30-20-21-38-36(24-30)34-13-5-6-15-37(34)40-38/h1-24,39H. The zero-order valence-electron chi connectivity index (χ0n) is 21.8. The number of hydrogen-bond donors (Lipinski definition) is 1. The van der Waals surface area contributed by atoms with Crippen molar-refractivity contribution in [3.8, 4) is 22.3 Å². The third-order valence-corrected chi connectivity index (χ3v) is 7.83. The number of fused-ring (bicyclic) bond motifs is 5. The molecule has 0 aliphatic heterocycles. The van der Waals surface area contributed by atoms with Crippen LogP contribution in [0.25, 0.3) is 65.7 Å². The van der Waals surface area contributed by atoms with E-state index in [0.29, 0.717) is 0 Å². The predicted octanol–water partition coefficient (Wildman–Crippen LogP) is 11.0. The summed E-state index contributed by atoms with van der Waals surface area (Å²) in [6, 6.07) is 51.7. The lowest BCUT2D eigenvalue weighted by atomic mass is 9.90. The maximum absolute atomic E-state index is 5.99. The predicted molar refractivity (Wildman–Crippen MR) is 169 cm³/mol. The Morgan fingerprint density at radius 2 is 1.02 bits per heavy atom. The van der Waals surface area contributed by atoms with Crippen LogP contribution in [0.1, 0.15) is 0 Å². The van der Waals surface area contributed by atoms with E-state index >= 15 is 0 Å². The van der Waals surface area contributed by atoms with Crippen molar-refractivity contribution in [1.29, 1.82) is 0 Å². The Hall–Kier alpha value is -5.34. The van der Waals surface area contributed by atoms with E-state index in [1.54, 1.807) is 0 Å². The van der Waals surface area contributed by atoms with Gasteiger partial charge in [0, 0.05) is 22.1 Å². The molecule has 0 bridgehead atoms. The van der Waals surface area contributed by atoms with E-state index in [0.717, 1.165) is 33.3 Å². The fourth-order valence-corrected chi connectivity index (χ4v) is 5.88. The fourth-order valence-electron chi connectivity index (χ4n) is 5.88. The molecule has 0 amide bonds. The van der Waals surface area contributed by atoms with E-state index in [2.05, 4.69) is 133 Å². The molecule has 1 N–H and O–H groups in total. The SMILES string of the molecule is c1ccc2c(-c3cc(-c4ccc(Nc5ccc6oc7ccccc7c6c5)cc4)cc4ccccc34)cccc2c1. The van der Waals surface area contributed by atoms with E-state index < -0.39 is 0 Å². The highest BCUT2D eigenvalue weighted by molar-refractivity contribution is 6.08. The molecule has 2 nitrogen and oxygen atoms in total. The van der Waals surface area contributed by atoms with Gasteiger partial charge in [-0.2, -0.15) is 0 Å². The van der Waals surface area contributed by atoms with Crippen molar-refractivity contribution in [3.63, 3.8) is 0 Å². The maximum Gasteiger partial charge on any atom is 0.135 e. The Morgan fingerprint density at radius 3 is 1.88 bits per heavy atom. The lowest BCUT2D eigenvalue weighted by Gasteiger charge is -2.14. The molecule has 0 aliphatic rings. The van der Waals surface area contributed by atoms with Crippen molar-refractivity contribution in [3.05, 3.63) is 146 Å². The van der Waals surface area contributed by atoms with Crippen LogP contribution in [-0.4, -0.2) is 0 Å². The van der Waals surface area contributed by atoms with Crippen LogP contribution in [0.2, 0.25) is 0 Å². The van der Waals surface area contributed by atoms with Gasteiger partial charge >= 0.3 is 0 Å². The van der Waals surface area contributed by atoms with E-state index in [-0.39, 0.29) is 0 Å². The molecule has 0 aliphatic carbocycles. The molecule has 1 heterocycles. The smallest absolute Gasteiger partial charge is 0.135 e. The van der Waals surface area contributed by atoms with Crippen molar-refractivity contribution >= 4 is 54.9 Å². The molecule has 0 saturated heterocycles. The van der Waals surface area contributed by atoms with Crippen LogP contribution in [0.3, 0.4) is 0 Å². The molecule has 0 atom stereocenters. The molecule has 0 spiro atoms. The summed E-state index contributed by atoms with van der Waals surface area (Å²) >= 11 is 0. The largest absolute Gasteiger partial charge is 0.456 e. The molecule has 7 aromatic carbocycles. The average molecular weight is 512 g/mol. The van der Waals surface area contributed by atoms with Crippen molar-refractivity contribution < 1.29 is 4.42 Å². The average Bonchev–Trinajstić information content (AvgIpc) is 3.39. The van der Waals surface area contributed by atoms with Gasteiger partial charge in [0.05, 0.1) is 0 Å². The third-order valence-electron chi connectivity index (χ3n) is 7.83. The van der Waals surface area contributed by atoms with Crippen LogP contribution in [0, 0.1) is 0 Å². The van der Waals surface area contributed by atoms with Crippen molar-refractivity contribution in [2.45, 2.75) is 0 Å². The van der Waals surface area contributed by atoms with Gasteiger partial charge in [0.25, 0.3) is 0 Å². The number of furan rings is 1. The van der Waals surface area contributed by atoms with Crippen molar-refractivity contribution in [2.24, 2.45) is 0 Å². The van der Waals surface area contributed by atoms with Gasteiger partial charge in [0.2, 0.25) is 0 Å². The van der Waals surface area contributed by atoms with Gasteiger partial charge in [-0.1, -0.05) is 97.1 Å². The fraction of sp³-hybridized carbons (Fsp3) is 0. The first-order chi connectivity index (χ1) is 19.8. The van der Waals surface area contributed by atoms with E-state index in [1.165, 1.54) is 43.8 Å². The summed E-state index contributed by atoms with van der Waals surface area (Å²) in [4.78, 5) is 0. The molecule has 0 fully saturated rings. The molecule has 2 heteroatoms. The second-order valence-electron chi connectivity index (χ2n) is 10.3. The van der Waals surface area contributed by atoms with Gasteiger partial charge in [0.15, 0.2) is 0 Å². The van der Waals surface area contributed by atoms with Gasteiger partial charge in [-0.3, -0.25) is 0 Å². The summed E-state index contributed by atoms with van der Waals surface area (Å²) in [5.41, 5.74) is 8.82. The van der Waals surface area contributed by atoms with E-state index in [1.807, 2.05) is 18.2 Å². The zero-order chi connectivity index (χ0) is 26.5. The van der Waals surface area contributed by atoms with E-state index in [9.17, 15) is 0 Å². The molecule has 0 radical (unpaired) electrons. The molecule has 1 aromatic heterocycles. The Morgan fingerprint density at radius 1 is 0.375 bits per heavy atom. The number of benzene rings is 7. The Balaban J connectivity index is 1.17. The van der Waals surface area contributed by atoms with Crippen molar-refractivity contribution in [1.82, 2.24) is 0 Å². The Bertz CT molecular complexity index is 2180. The second kappa shape index (κ2) is 9.14. The number of nitrogens with one attached hydrogen (secondary N) is 1. The monoisotopic (exact) mass is 511 g/mol. The minimum absolute atomic E-state index is 0.903. The summed E-state index contributed by atoms with van der Waals surface area (Å²) in [7, 11) is 0. The molecule has 0 saturated carbocycles. The minimum atomic E-state index is 0.903. The highest BCUT2D eigenvalue weighted by Crippen LogP contribution is 2.38. The first-order valence-electron chi connectivity index (χ1n) is 13.6. The summed E-state index contributed by atoms with van der Waals surface area (Å²) in [5.74, 6) is 0. The molecule has 8 rings (SSSR count). The number of rotatable bonds is 4. The third kappa shape index (κ3) is 3.81.